The second-order valence-corrected chi connectivity index (χ2v) is 3.10. The average Bonchev–Trinajstić information content (AvgIpc) is 2.04. The molecule has 55 valence electrons. The SMILES string of the molecule is O=C1CN=C2NN=[C]C=C2S1. The first-order chi connectivity index (χ1) is 5.36. The number of hydrazone groups is 1. The van der Waals surface area contributed by atoms with E-state index in [0.717, 1.165) is 4.91 Å². The van der Waals surface area contributed by atoms with Gasteiger partial charge in [-0.05, 0) is 17.8 Å². The Balaban J connectivity index is 2.35. The Bertz CT molecular complexity index is 292. The van der Waals surface area contributed by atoms with E-state index in [9.17, 15) is 4.79 Å². The monoisotopic (exact) mass is 166 g/mol. The zero-order valence-corrected chi connectivity index (χ0v) is 6.31. The Morgan fingerprint density at radius 3 is 3.55 bits per heavy atom. The summed E-state index contributed by atoms with van der Waals surface area (Å²) in [5.41, 5.74) is 2.66. The van der Waals surface area contributed by atoms with Crippen LogP contribution in [0.3, 0.4) is 0 Å². The summed E-state index contributed by atoms with van der Waals surface area (Å²) in [6.45, 7) is 0.236. The Labute approximate surface area is 67.5 Å². The van der Waals surface area contributed by atoms with Gasteiger partial charge in [-0.1, -0.05) is 0 Å². The molecule has 5 heteroatoms. The summed E-state index contributed by atoms with van der Waals surface area (Å²) in [6, 6.07) is 0. The predicted molar refractivity (Wildman–Crippen MR) is 43.6 cm³/mol. The van der Waals surface area contributed by atoms with Gasteiger partial charge < -0.3 is 0 Å². The standard InChI is InChI=1S/C6H4N3OS/c10-5-3-7-6-4(11-5)1-2-8-9-6/h1H,3H2,(H,7,9). The highest BCUT2D eigenvalue weighted by molar-refractivity contribution is 8.17. The van der Waals surface area contributed by atoms with Crippen molar-refractivity contribution in [3.63, 3.8) is 0 Å². The molecule has 0 aliphatic carbocycles. The molecule has 0 aromatic heterocycles. The van der Waals surface area contributed by atoms with Crippen LogP contribution in [0.1, 0.15) is 0 Å². The number of carbonyl (C=O) groups is 1. The van der Waals surface area contributed by atoms with Crippen molar-refractivity contribution < 1.29 is 4.79 Å². The van der Waals surface area contributed by atoms with Gasteiger partial charge in [-0.2, -0.15) is 5.10 Å². The van der Waals surface area contributed by atoms with Gasteiger partial charge in [-0.25, -0.2) is 0 Å². The van der Waals surface area contributed by atoms with Crippen LogP contribution in [0.4, 0.5) is 0 Å². The van der Waals surface area contributed by atoms with E-state index in [1.165, 1.54) is 11.8 Å². The molecule has 0 unspecified atom stereocenters. The fraction of sp³-hybridized carbons (Fsp3) is 0.167. The largest absolute Gasteiger partial charge is 0.285 e. The Kier molecular flexibility index (Phi) is 1.50. The van der Waals surface area contributed by atoms with Crippen molar-refractivity contribution in [2.45, 2.75) is 0 Å². The number of nitrogens with zero attached hydrogens (tertiary/aromatic N) is 2. The van der Waals surface area contributed by atoms with Crippen LogP contribution in [-0.4, -0.2) is 23.7 Å². The summed E-state index contributed by atoms with van der Waals surface area (Å²) in [6.07, 6.45) is 4.25. The molecule has 0 atom stereocenters. The highest BCUT2D eigenvalue weighted by atomic mass is 32.2. The van der Waals surface area contributed by atoms with E-state index < -0.39 is 0 Å². The van der Waals surface area contributed by atoms with Gasteiger partial charge in [0.1, 0.15) is 12.8 Å². The van der Waals surface area contributed by atoms with E-state index in [-0.39, 0.29) is 11.7 Å². The highest BCUT2D eigenvalue weighted by Gasteiger charge is 2.19. The number of nitrogens with one attached hydrogen (secondary N) is 1. The fourth-order valence-electron chi connectivity index (χ4n) is 0.789. The summed E-state index contributed by atoms with van der Waals surface area (Å²) in [5.74, 6) is 0.674. The van der Waals surface area contributed by atoms with E-state index in [1.807, 2.05) is 0 Å². The van der Waals surface area contributed by atoms with Crippen LogP contribution < -0.4 is 5.43 Å². The molecule has 2 rings (SSSR count). The molecule has 1 N–H and O–H groups in total. The van der Waals surface area contributed by atoms with E-state index in [0.29, 0.717) is 5.84 Å². The number of rotatable bonds is 0. The van der Waals surface area contributed by atoms with Gasteiger partial charge >= 0.3 is 0 Å². The third kappa shape index (κ3) is 1.19. The van der Waals surface area contributed by atoms with Crippen LogP contribution in [0.2, 0.25) is 0 Å². The first kappa shape index (κ1) is 6.60. The smallest absolute Gasteiger partial charge is 0.215 e. The number of aliphatic imine (C=N–C) groups is 1. The van der Waals surface area contributed by atoms with Crippen LogP contribution in [0.5, 0.6) is 0 Å². The molecule has 0 spiro atoms. The van der Waals surface area contributed by atoms with Gasteiger partial charge in [-0.3, -0.25) is 15.2 Å². The first-order valence-electron chi connectivity index (χ1n) is 3.03. The molecule has 0 saturated heterocycles. The molecule has 0 bridgehead atoms. The number of hydrogen-bond donors (Lipinski definition) is 1. The Morgan fingerprint density at radius 1 is 1.73 bits per heavy atom. The van der Waals surface area contributed by atoms with E-state index in [4.69, 9.17) is 0 Å². The molecule has 2 aliphatic rings. The molecule has 4 nitrogen and oxygen atoms in total. The molecule has 0 aromatic carbocycles. The summed E-state index contributed by atoms with van der Waals surface area (Å²) in [7, 11) is 0. The minimum atomic E-state index is 0.0606. The summed E-state index contributed by atoms with van der Waals surface area (Å²) < 4.78 is 0. The van der Waals surface area contributed by atoms with E-state index in [2.05, 4.69) is 21.7 Å². The van der Waals surface area contributed by atoms with Crippen molar-refractivity contribution in [2.75, 3.05) is 6.54 Å². The topological polar surface area (TPSA) is 53.8 Å². The van der Waals surface area contributed by atoms with Crippen LogP contribution >= 0.6 is 11.8 Å². The van der Waals surface area contributed by atoms with Gasteiger partial charge in [0.05, 0.1) is 4.91 Å². The molecule has 0 fully saturated rings. The lowest BCUT2D eigenvalue weighted by atomic mass is 10.4. The maximum atomic E-state index is 10.8. The lowest BCUT2D eigenvalue weighted by molar-refractivity contribution is -0.109. The van der Waals surface area contributed by atoms with Crippen LogP contribution in [-0.2, 0) is 4.79 Å². The maximum Gasteiger partial charge on any atom is 0.215 e. The molecule has 0 aromatic rings. The van der Waals surface area contributed by atoms with Gasteiger partial charge in [-0.15, -0.1) is 0 Å². The third-order valence-electron chi connectivity index (χ3n) is 1.25. The number of amidine groups is 1. The van der Waals surface area contributed by atoms with Crippen molar-refractivity contribution in [3.8, 4) is 0 Å². The van der Waals surface area contributed by atoms with Gasteiger partial charge in [0.15, 0.2) is 5.84 Å². The lowest BCUT2D eigenvalue weighted by Crippen LogP contribution is -2.26. The Morgan fingerprint density at radius 2 is 2.64 bits per heavy atom. The molecule has 0 amide bonds. The molecule has 0 saturated carbocycles. The molecule has 1 radical (unpaired) electrons. The number of thioether (sulfide) groups is 1. The van der Waals surface area contributed by atoms with Gasteiger partial charge in [0.2, 0.25) is 5.12 Å². The lowest BCUT2D eigenvalue weighted by Gasteiger charge is -2.14. The zero-order chi connectivity index (χ0) is 7.68. The van der Waals surface area contributed by atoms with Crippen molar-refractivity contribution in [1.82, 2.24) is 5.43 Å². The van der Waals surface area contributed by atoms with Gasteiger partial charge in [0.25, 0.3) is 0 Å². The molecule has 2 aliphatic heterocycles. The summed E-state index contributed by atoms with van der Waals surface area (Å²) in [4.78, 5) is 15.6. The predicted octanol–water partition coefficient (Wildman–Crippen LogP) is 0.00820. The Hall–Kier alpha value is -1.10. The van der Waals surface area contributed by atoms with E-state index >= 15 is 0 Å². The number of hydrogen-bond acceptors (Lipinski definition) is 5. The van der Waals surface area contributed by atoms with Crippen molar-refractivity contribution in [1.29, 1.82) is 0 Å². The minimum absolute atomic E-state index is 0.0606. The van der Waals surface area contributed by atoms with Crippen LogP contribution in [0.25, 0.3) is 0 Å². The third-order valence-corrected chi connectivity index (χ3v) is 2.13. The normalized spacial score (nSPS) is 21.6. The molecular formula is C6H4N3OS. The molecule has 2 heterocycles. The number of fused-ring (bicyclic) bond motifs is 1. The second-order valence-electron chi connectivity index (χ2n) is 2.00. The quantitative estimate of drug-likeness (QED) is 0.551. The van der Waals surface area contributed by atoms with Gasteiger partial charge in [0, 0.05) is 0 Å². The van der Waals surface area contributed by atoms with Crippen molar-refractivity contribution in [2.24, 2.45) is 10.1 Å². The first-order valence-corrected chi connectivity index (χ1v) is 3.85. The highest BCUT2D eigenvalue weighted by Crippen LogP contribution is 2.22. The summed E-state index contributed by atoms with van der Waals surface area (Å²) in [5, 5.41) is 3.72. The number of carbonyl (C=O) groups excluding carboxylic acids is 1. The molecular weight excluding hydrogens is 162 g/mol. The van der Waals surface area contributed by atoms with Crippen molar-refractivity contribution >= 4 is 28.9 Å². The van der Waals surface area contributed by atoms with Crippen LogP contribution in [0.15, 0.2) is 21.1 Å². The molecule has 11 heavy (non-hydrogen) atoms. The summed E-state index contributed by atoms with van der Waals surface area (Å²) >= 11 is 1.18. The van der Waals surface area contributed by atoms with E-state index in [1.54, 1.807) is 6.08 Å². The maximum absolute atomic E-state index is 10.8. The average molecular weight is 166 g/mol. The minimum Gasteiger partial charge on any atom is -0.285 e. The fourth-order valence-corrected chi connectivity index (χ4v) is 1.48. The zero-order valence-electron chi connectivity index (χ0n) is 5.50. The van der Waals surface area contributed by atoms with Crippen molar-refractivity contribution in [3.05, 3.63) is 11.0 Å². The number of allylic oxidation sites excluding steroid dienone is 1. The second kappa shape index (κ2) is 2.50. The van der Waals surface area contributed by atoms with Crippen LogP contribution in [0, 0.1) is 0 Å².